The fourth-order valence-corrected chi connectivity index (χ4v) is 6.64. The Bertz CT molecular complexity index is 1140. The van der Waals surface area contributed by atoms with Crippen molar-refractivity contribution in [2.24, 2.45) is 0 Å². The molecule has 0 bridgehead atoms. The fraction of sp³-hybridized carbons (Fsp3) is 0.680. The second-order valence-electron chi connectivity index (χ2n) is 11.7. The molecule has 1 aromatic carbocycles. The van der Waals surface area contributed by atoms with E-state index in [1.165, 1.54) is 12.1 Å². The molecular formula is C25H36FN3O5S. The van der Waals surface area contributed by atoms with Crippen molar-refractivity contribution in [3.8, 4) is 0 Å². The minimum atomic E-state index is -3.74. The van der Waals surface area contributed by atoms with Crippen LogP contribution < -0.4 is 4.90 Å². The standard InChI is InChI=1S/C25H36FN3O5S/c1-16-13-27(9-10-28(16)23(31)34-24(2,3)4)14-22(30)29-15-25(5,6)18-11-19(26)21(12-20(18)29)35(32,33)17-7-8-17/h11-12,16-17H,7-10,13-15H2,1-6H3. The summed E-state index contributed by atoms with van der Waals surface area (Å²) < 4.78 is 45.9. The summed E-state index contributed by atoms with van der Waals surface area (Å²) in [7, 11) is -3.74. The number of ether oxygens (including phenoxy) is 1. The van der Waals surface area contributed by atoms with Gasteiger partial charge in [-0.2, -0.15) is 0 Å². The third-order valence-corrected chi connectivity index (χ3v) is 9.17. The maximum Gasteiger partial charge on any atom is 0.410 e. The van der Waals surface area contributed by atoms with Gasteiger partial charge in [-0.1, -0.05) is 13.8 Å². The highest BCUT2D eigenvalue weighted by Crippen LogP contribution is 2.44. The molecule has 1 unspecified atom stereocenters. The molecule has 1 saturated heterocycles. The fourth-order valence-electron chi connectivity index (χ4n) is 4.92. The van der Waals surface area contributed by atoms with Gasteiger partial charge in [0.05, 0.1) is 11.8 Å². The zero-order valence-electron chi connectivity index (χ0n) is 21.4. The van der Waals surface area contributed by atoms with Crippen LogP contribution in [-0.4, -0.2) is 79.8 Å². The van der Waals surface area contributed by atoms with E-state index in [0.29, 0.717) is 50.3 Å². The number of carbonyl (C=O) groups is 2. The molecule has 0 N–H and O–H groups in total. The van der Waals surface area contributed by atoms with Crippen molar-refractivity contribution < 1.29 is 27.1 Å². The maximum atomic E-state index is 14.9. The van der Waals surface area contributed by atoms with E-state index in [4.69, 9.17) is 4.74 Å². The zero-order chi connectivity index (χ0) is 25.9. The smallest absolute Gasteiger partial charge is 0.410 e. The molecule has 0 spiro atoms. The monoisotopic (exact) mass is 509 g/mol. The van der Waals surface area contributed by atoms with Gasteiger partial charge in [-0.05, 0) is 58.2 Å². The van der Waals surface area contributed by atoms with Crippen molar-refractivity contribution in [2.75, 3.05) is 37.6 Å². The average molecular weight is 510 g/mol. The average Bonchev–Trinajstić information content (AvgIpc) is 3.53. The lowest BCUT2D eigenvalue weighted by molar-refractivity contribution is -0.120. The number of hydrogen-bond donors (Lipinski definition) is 0. The summed E-state index contributed by atoms with van der Waals surface area (Å²) in [6, 6.07) is 2.52. The molecule has 10 heteroatoms. The summed E-state index contributed by atoms with van der Waals surface area (Å²) in [5.41, 5.74) is 0.0314. The van der Waals surface area contributed by atoms with E-state index in [0.717, 1.165) is 0 Å². The summed E-state index contributed by atoms with van der Waals surface area (Å²) >= 11 is 0. The Morgan fingerprint density at radius 3 is 2.40 bits per heavy atom. The van der Waals surface area contributed by atoms with E-state index in [1.807, 2.05) is 46.4 Å². The Kier molecular flexibility index (Phi) is 6.45. The Hall–Kier alpha value is -2.20. The van der Waals surface area contributed by atoms with Crippen LogP contribution in [0.3, 0.4) is 0 Å². The van der Waals surface area contributed by atoms with Gasteiger partial charge >= 0.3 is 6.09 Å². The summed E-state index contributed by atoms with van der Waals surface area (Å²) in [6.45, 7) is 13.2. The Morgan fingerprint density at radius 2 is 1.83 bits per heavy atom. The first kappa shape index (κ1) is 25.9. The lowest BCUT2D eigenvalue weighted by Crippen LogP contribution is -2.56. The first-order valence-electron chi connectivity index (χ1n) is 12.2. The topological polar surface area (TPSA) is 87.2 Å². The second kappa shape index (κ2) is 8.73. The van der Waals surface area contributed by atoms with Crippen LogP contribution in [0.2, 0.25) is 0 Å². The number of rotatable bonds is 4. The molecule has 0 aromatic heterocycles. The van der Waals surface area contributed by atoms with E-state index in [-0.39, 0.29) is 29.5 Å². The van der Waals surface area contributed by atoms with Crippen LogP contribution in [0.5, 0.6) is 0 Å². The third-order valence-electron chi connectivity index (χ3n) is 6.89. The van der Waals surface area contributed by atoms with Crippen LogP contribution in [0.25, 0.3) is 0 Å². The molecule has 8 nitrogen and oxygen atoms in total. The molecule has 3 aliphatic rings. The molecule has 1 aromatic rings. The number of carbonyl (C=O) groups excluding carboxylic acids is 2. The number of halogens is 1. The molecular weight excluding hydrogens is 473 g/mol. The van der Waals surface area contributed by atoms with Gasteiger partial charge in [-0.15, -0.1) is 0 Å². The van der Waals surface area contributed by atoms with Crippen LogP contribution in [0.15, 0.2) is 17.0 Å². The Morgan fingerprint density at radius 1 is 1.17 bits per heavy atom. The molecule has 1 saturated carbocycles. The highest BCUT2D eigenvalue weighted by Gasteiger charge is 2.43. The minimum absolute atomic E-state index is 0.127. The molecule has 2 amide bonds. The number of amides is 2. The van der Waals surface area contributed by atoms with Gasteiger partial charge in [-0.25, -0.2) is 17.6 Å². The Balaban J connectivity index is 1.49. The predicted molar refractivity (Wildman–Crippen MR) is 131 cm³/mol. The second-order valence-corrected chi connectivity index (χ2v) is 13.9. The van der Waals surface area contributed by atoms with Gasteiger partial charge in [0.25, 0.3) is 0 Å². The molecule has 1 aliphatic carbocycles. The highest BCUT2D eigenvalue weighted by molar-refractivity contribution is 7.92. The molecule has 35 heavy (non-hydrogen) atoms. The maximum absolute atomic E-state index is 14.9. The van der Waals surface area contributed by atoms with E-state index in [2.05, 4.69) is 0 Å². The highest BCUT2D eigenvalue weighted by atomic mass is 32.2. The van der Waals surface area contributed by atoms with Crippen molar-refractivity contribution in [3.05, 3.63) is 23.5 Å². The van der Waals surface area contributed by atoms with E-state index in [9.17, 15) is 22.4 Å². The summed E-state index contributed by atoms with van der Waals surface area (Å²) in [4.78, 5) is 30.8. The van der Waals surface area contributed by atoms with Crippen LogP contribution in [0.4, 0.5) is 14.9 Å². The number of nitrogens with zero attached hydrogens (tertiary/aromatic N) is 3. The van der Waals surface area contributed by atoms with Crippen molar-refractivity contribution in [1.29, 1.82) is 0 Å². The minimum Gasteiger partial charge on any atom is -0.444 e. The molecule has 4 rings (SSSR count). The quantitative estimate of drug-likeness (QED) is 0.619. The summed E-state index contributed by atoms with van der Waals surface area (Å²) in [5, 5.41) is -0.531. The Labute approximate surface area is 207 Å². The number of piperazine rings is 1. The SMILES string of the molecule is CC1CN(CC(=O)N2CC(C)(C)c3cc(F)c(S(=O)(=O)C4CC4)cc32)CCN1C(=O)OC(C)(C)C. The van der Waals surface area contributed by atoms with Gasteiger partial charge in [0, 0.05) is 43.3 Å². The van der Waals surface area contributed by atoms with Gasteiger partial charge < -0.3 is 14.5 Å². The third kappa shape index (κ3) is 5.18. The molecule has 2 fully saturated rings. The van der Waals surface area contributed by atoms with Crippen LogP contribution in [0, 0.1) is 5.82 Å². The van der Waals surface area contributed by atoms with Crippen LogP contribution in [-0.2, 0) is 24.8 Å². The lowest BCUT2D eigenvalue weighted by Gasteiger charge is -2.40. The first-order chi connectivity index (χ1) is 16.1. The van der Waals surface area contributed by atoms with Crippen LogP contribution >= 0.6 is 0 Å². The van der Waals surface area contributed by atoms with Gasteiger partial charge in [0.2, 0.25) is 5.91 Å². The molecule has 194 valence electrons. The van der Waals surface area contributed by atoms with Crippen molar-refractivity contribution in [2.45, 2.75) is 81.6 Å². The summed E-state index contributed by atoms with van der Waals surface area (Å²) in [6.07, 6.45) is 0.721. The number of fused-ring (bicyclic) bond motifs is 1. The number of sulfone groups is 1. The van der Waals surface area contributed by atoms with Gasteiger partial charge in [-0.3, -0.25) is 9.69 Å². The largest absolute Gasteiger partial charge is 0.444 e. The van der Waals surface area contributed by atoms with Gasteiger partial charge in [0.15, 0.2) is 9.84 Å². The van der Waals surface area contributed by atoms with Gasteiger partial charge in [0.1, 0.15) is 16.3 Å². The van der Waals surface area contributed by atoms with Crippen molar-refractivity contribution >= 4 is 27.5 Å². The van der Waals surface area contributed by atoms with E-state index >= 15 is 0 Å². The summed E-state index contributed by atoms with van der Waals surface area (Å²) in [5.74, 6) is -0.916. The number of anilines is 1. The number of hydrogen-bond acceptors (Lipinski definition) is 6. The van der Waals surface area contributed by atoms with Crippen LogP contribution in [0.1, 0.15) is 59.9 Å². The predicted octanol–water partition coefficient (Wildman–Crippen LogP) is 3.33. The molecule has 2 aliphatic heterocycles. The van der Waals surface area contributed by atoms with Crippen molar-refractivity contribution in [1.82, 2.24) is 9.80 Å². The molecule has 2 heterocycles. The lowest BCUT2D eigenvalue weighted by atomic mass is 9.87. The van der Waals surface area contributed by atoms with E-state index < -0.39 is 31.9 Å². The van der Waals surface area contributed by atoms with E-state index in [1.54, 1.807) is 9.80 Å². The number of benzene rings is 1. The van der Waals surface area contributed by atoms with Crippen molar-refractivity contribution in [3.63, 3.8) is 0 Å². The first-order valence-corrected chi connectivity index (χ1v) is 13.7. The molecule has 0 radical (unpaired) electrons. The molecule has 1 atom stereocenters. The normalized spacial score (nSPS) is 22.8. The zero-order valence-corrected chi connectivity index (χ0v) is 22.2.